The number of hydrogen-bond donors (Lipinski definition) is 2. The van der Waals surface area contributed by atoms with Crippen molar-refractivity contribution in [2.75, 3.05) is 5.32 Å². The van der Waals surface area contributed by atoms with Crippen LogP contribution in [0.25, 0.3) is 50.2 Å². The molecule has 0 bridgehead atoms. The number of para-hydroxylation sites is 1. The van der Waals surface area contributed by atoms with Crippen LogP contribution in [0, 0.1) is 13.8 Å². The molecule has 2 heteroatoms. The molecule has 2 nitrogen and oxygen atoms in total. The molecule has 2 aliphatic carbocycles. The van der Waals surface area contributed by atoms with Gasteiger partial charge in [-0.05, 0) is 158 Å². The van der Waals surface area contributed by atoms with Crippen LogP contribution in [0.3, 0.4) is 0 Å². The Labute approximate surface area is 455 Å². The second-order valence-electron chi connectivity index (χ2n) is 18.8. The van der Waals surface area contributed by atoms with Crippen LogP contribution in [0.4, 0.5) is 5.69 Å². The lowest BCUT2D eigenvalue weighted by Crippen LogP contribution is -2.05. The minimum atomic E-state index is 0.807. The Hall–Kier alpha value is -8.46. The van der Waals surface area contributed by atoms with Crippen LogP contribution in [0.5, 0.6) is 0 Å². The molecule has 0 saturated carbocycles. The minimum Gasteiger partial charge on any atom is -0.399 e. The van der Waals surface area contributed by atoms with E-state index in [1.807, 2.05) is 58.0 Å². The predicted molar refractivity (Wildman–Crippen MR) is 333 cm³/mol. The monoisotopic (exact) mass is 993 g/mol. The van der Waals surface area contributed by atoms with Crippen molar-refractivity contribution in [2.24, 2.45) is 5.73 Å². The quantitative estimate of drug-likeness (QED) is 0.128. The first kappa shape index (κ1) is 55.3. The molecule has 0 unspecified atom stereocenters. The topological polar surface area (TPSA) is 38.0 Å². The Morgan fingerprint density at radius 3 is 1.54 bits per heavy atom. The van der Waals surface area contributed by atoms with E-state index in [0.717, 1.165) is 44.3 Å². The molecular weight excluding hydrogens is 917 g/mol. The molecule has 0 heterocycles. The fraction of sp³-hybridized carbons (Fsp3) is 0.162. The van der Waals surface area contributed by atoms with Crippen molar-refractivity contribution in [3.05, 3.63) is 311 Å². The number of nitrogens with one attached hydrogen (secondary N) is 1. The fourth-order valence-corrected chi connectivity index (χ4v) is 9.62. The molecule has 11 rings (SSSR count). The summed E-state index contributed by atoms with van der Waals surface area (Å²) in [5, 5.41) is 6.38. The van der Waals surface area contributed by atoms with E-state index in [1.54, 1.807) is 0 Å². The Kier molecular flexibility index (Phi) is 21.0. The summed E-state index contributed by atoms with van der Waals surface area (Å²) in [5.41, 5.74) is 29.1. The number of allylic oxidation sites excluding steroid dienone is 7. The van der Waals surface area contributed by atoms with Gasteiger partial charge in [0, 0.05) is 17.9 Å². The first-order valence-corrected chi connectivity index (χ1v) is 27.3. The number of aryl methyl sites for hydroxylation is 2. The van der Waals surface area contributed by atoms with Gasteiger partial charge in [0.15, 0.2) is 0 Å². The largest absolute Gasteiger partial charge is 0.399 e. The van der Waals surface area contributed by atoms with E-state index in [0.29, 0.717) is 0 Å². The normalized spacial score (nSPS) is 12.2. The Balaban J connectivity index is 0.000000186. The van der Waals surface area contributed by atoms with E-state index in [2.05, 4.69) is 244 Å². The summed E-state index contributed by atoms with van der Waals surface area (Å²) >= 11 is 0. The maximum absolute atomic E-state index is 6.10. The zero-order valence-electron chi connectivity index (χ0n) is 45.7. The van der Waals surface area contributed by atoms with Gasteiger partial charge in [0.05, 0.1) is 0 Å². The number of rotatable bonds is 12. The zero-order chi connectivity index (χ0) is 53.5. The van der Waals surface area contributed by atoms with E-state index >= 15 is 0 Å². The van der Waals surface area contributed by atoms with Gasteiger partial charge >= 0.3 is 0 Å². The Bertz CT molecular complexity index is 3370. The molecule has 0 aliphatic heterocycles. The van der Waals surface area contributed by atoms with Crippen LogP contribution >= 0.6 is 0 Å². The molecule has 0 radical (unpaired) electrons. The van der Waals surface area contributed by atoms with E-state index in [-0.39, 0.29) is 0 Å². The van der Waals surface area contributed by atoms with Crippen molar-refractivity contribution in [2.45, 2.75) is 80.2 Å². The molecule has 9 aromatic rings. The highest BCUT2D eigenvalue weighted by Crippen LogP contribution is 2.35. The summed E-state index contributed by atoms with van der Waals surface area (Å²) in [4.78, 5) is 0. The maximum Gasteiger partial charge on any atom is 0.0407 e. The van der Waals surface area contributed by atoms with Gasteiger partial charge in [0.1, 0.15) is 0 Å². The van der Waals surface area contributed by atoms with Gasteiger partial charge in [0.2, 0.25) is 0 Å². The van der Waals surface area contributed by atoms with Crippen molar-refractivity contribution in [3.63, 3.8) is 0 Å². The van der Waals surface area contributed by atoms with Crippen LogP contribution in [0.2, 0.25) is 0 Å². The van der Waals surface area contributed by atoms with Crippen molar-refractivity contribution < 1.29 is 0 Å². The lowest BCUT2D eigenvalue weighted by molar-refractivity contribution is 0.885. The molecule has 0 fully saturated rings. The first-order valence-electron chi connectivity index (χ1n) is 27.3. The molecular formula is C74H76N2. The summed E-state index contributed by atoms with van der Waals surface area (Å²) in [6, 6.07) is 78.0. The van der Waals surface area contributed by atoms with Crippen molar-refractivity contribution in [3.8, 4) is 22.3 Å². The van der Waals surface area contributed by atoms with Crippen LogP contribution in [-0.2, 0) is 19.4 Å². The van der Waals surface area contributed by atoms with Gasteiger partial charge in [-0.15, -0.1) is 0 Å². The van der Waals surface area contributed by atoms with Crippen LogP contribution in [-0.4, -0.2) is 0 Å². The highest BCUT2D eigenvalue weighted by molar-refractivity contribution is 5.89. The van der Waals surface area contributed by atoms with Gasteiger partial charge in [-0.3, -0.25) is 0 Å². The van der Waals surface area contributed by atoms with E-state index in [1.165, 1.54) is 106 Å². The molecule has 3 N–H and O–H groups in total. The number of benzene rings is 9. The lowest BCUT2D eigenvalue weighted by Gasteiger charge is -2.15. The Morgan fingerprint density at radius 2 is 0.947 bits per heavy atom. The van der Waals surface area contributed by atoms with Gasteiger partial charge in [-0.1, -0.05) is 271 Å². The number of fused-ring (bicyclic) bond motifs is 1. The van der Waals surface area contributed by atoms with Gasteiger partial charge in [-0.2, -0.15) is 0 Å². The van der Waals surface area contributed by atoms with E-state index in [4.69, 9.17) is 5.73 Å². The Morgan fingerprint density at radius 1 is 0.461 bits per heavy atom. The molecule has 0 amide bonds. The standard InChI is InChI=1S/C36H31N.C25H23N.C9H10.2C2H6/c1-26-15-18-33(35-13-7-6-12-34(26)35)25-37-36-14-8-5-11-32(36)23-27-16-19-29(20-17-27)31-22-21-30(24-31)28-9-3-2-4-10-28;26-25-9-5-4-8-24(25)18-19-10-12-21(13-11-19)23-16-14-22(15-17-23)20-6-2-1-3-7-20;1-3-9-7-5-4-6-8(9)2;2*1-2/h2-22,37H,23-25H2,1H3;1-3,5-7,9-17H,4,8,18,26H2;3-7H,1H2,2H3;2*1-2H3. The van der Waals surface area contributed by atoms with Crippen LogP contribution in [0.15, 0.2) is 261 Å². The molecule has 382 valence electrons. The minimum absolute atomic E-state index is 0.807. The average molecular weight is 993 g/mol. The fourth-order valence-electron chi connectivity index (χ4n) is 9.62. The van der Waals surface area contributed by atoms with E-state index < -0.39 is 0 Å². The third kappa shape index (κ3) is 15.1. The summed E-state index contributed by atoms with van der Waals surface area (Å²) < 4.78 is 0. The molecule has 9 aromatic carbocycles. The smallest absolute Gasteiger partial charge is 0.0407 e. The van der Waals surface area contributed by atoms with Crippen molar-refractivity contribution >= 4 is 33.7 Å². The first-order chi connectivity index (χ1) is 37.4. The summed E-state index contributed by atoms with van der Waals surface area (Å²) in [6.45, 7) is 16.8. The summed E-state index contributed by atoms with van der Waals surface area (Å²) in [5.74, 6) is 0. The molecule has 0 aromatic heterocycles. The molecule has 2 aliphatic rings. The second-order valence-corrected chi connectivity index (χ2v) is 18.8. The lowest BCUT2D eigenvalue weighted by atomic mass is 9.94. The van der Waals surface area contributed by atoms with Crippen LogP contribution in [0.1, 0.15) is 97.0 Å². The molecule has 0 spiro atoms. The third-order valence-electron chi connectivity index (χ3n) is 13.9. The van der Waals surface area contributed by atoms with Gasteiger partial charge < -0.3 is 11.1 Å². The average Bonchev–Trinajstić information content (AvgIpc) is 3.99. The number of nitrogens with two attached hydrogens (primary N) is 1. The second kappa shape index (κ2) is 28.8. The highest BCUT2D eigenvalue weighted by atomic mass is 14.9. The number of hydrogen-bond acceptors (Lipinski definition) is 2. The summed E-state index contributed by atoms with van der Waals surface area (Å²) in [6.07, 6.45) is 15.6. The van der Waals surface area contributed by atoms with Crippen molar-refractivity contribution in [1.29, 1.82) is 0 Å². The van der Waals surface area contributed by atoms with Crippen molar-refractivity contribution in [1.82, 2.24) is 0 Å². The number of anilines is 1. The maximum atomic E-state index is 6.10. The molecule has 76 heavy (non-hydrogen) atoms. The predicted octanol–water partition coefficient (Wildman–Crippen LogP) is 20.0. The van der Waals surface area contributed by atoms with Gasteiger partial charge in [-0.25, -0.2) is 0 Å². The SMILES string of the molecule is C=Cc1ccccc1C.CC.CC.Cc1ccc(CNc2ccccc2Cc2ccc(C3=CC=C(c4ccccc4)C3)cc2)c2ccccc12.NC1=C(Cc2ccc(-c3ccc(-c4ccccc4)cc3)cc2)CCC=C1. The summed E-state index contributed by atoms with van der Waals surface area (Å²) in [7, 11) is 0. The van der Waals surface area contributed by atoms with E-state index in [9.17, 15) is 0 Å². The van der Waals surface area contributed by atoms with Gasteiger partial charge in [0.25, 0.3) is 0 Å². The van der Waals surface area contributed by atoms with Crippen LogP contribution < -0.4 is 11.1 Å². The highest BCUT2D eigenvalue weighted by Gasteiger charge is 2.13. The molecule has 0 saturated heterocycles. The zero-order valence-corrected chi connectivity index (χ0v) is 45.7. The molecule has 0 atom stereocenters. The third-order valence-corrected chi connectivity index (χ3v) is 13.9.